The predicted molar refractivity (Wildman–Crippen MR) is 78.2 cm³/mol. The van der Waals surface area contributed by atoms with E-state index < -0.39 is 0 Å². The molecule has 4 heteroatoms. The lowest BCUT2D eigenvalue weighted by Gasteiger charge is -2.08. The summed E-state index contributed by atoms with van der Waals surface area (Å²) in [6.07, 6.45) is 0. The van der Waals surface area contributed by atoms with Crippen molar-refractivity contribution in [2.24, 2.45) is 0 Å². The molecule has 2 rings (SSSR count). The number of carbonyl (C=O) groups is 1. The SMILES string of the molecule is CC(=O)Nc1ccc(Nc2cccc(Br)c2)cc1. The normalized spacial score (nSPS) is 9.89. The van der Waals surface area contributed by atoms with Gasteiger partial charge in [0.1, 0.15) is 0 Å². The van der Waals surface area contributed by atoms with Crippen molar-refractivity contribution in [1.29, 1.82) is 0 Å². The van der Waals surface area contributed by atoms with Crippen LogP contribution in [0.5, 0.6) is 0 Å². The number of hydrogen-bond acceptors (Lipinski definition) is 2. The topological polar surface area (TPSA) is 41.1 Å². The number of benzene rings is 2. The molecule has 0 atom stereocenters. The van der Waals surface area contributed by atoms with Gasteiger partial charge in [-0.25, -0.2) is 0 Å². The van der Waals surface area contributed by atoms with Crippen LogP contribution in [-0.2, 0) is 4.79 Å². The summed E-state index contributed by atoms with van der Waals surface area (Å²) < 4.78 is 1.03. The molecule has 0 aromatic heterocycles. The maximum Gasteiger partial charge on any atom is 0.221 e. The first kappa shape index (κ1) is 12.6. The zero-order valence-corrected chi connectivity index (χ0v) is 11.5. The number of rotatable bonds is 3. The summed E-state index contributed by atoms with van der Waals surface area (Å²) in [5.74, 6) is -0.0669. The van der Waals surface area contributed by atoms with Gasteiger partial charge in [0, 0.05) is 28.5 Å². The standard InChI is InChI=1S/C14H13BrN2O/c1-10(18)16-12-5-7-13(8-6-12)17-14-4-2-3-11(15)9-14/h2-9,17H,1H3,(H,16,18). The van der Waals surface area contributed by atoms with E-state index in [-0.39, 0.29) is 5.91 Å². The first-order chi connectivity index (χ1) is 8.63. The van der Waals surface area contributed by atoms with E-state index in [2.05, 4.69) is 26.6 Å². The number of nitrogens with one attached hydrogen (secondary N) is 2. The molecule has 0 saturated carbocycles. The summed E-state index contributed by atoms with van der Waals surface area (Å²) >= 11 is 3.43. The fourth-order valence-electron chi connectivity index (χ4n) is 1.57. The maximum atomic E-state index is 10.9. The molecule has 0 aliphatic carbocycles. The zero-order chi connectivity index (χ0) is 13.0. The van der Waals surface area contributed by atoms with E-state index in [0.717, 1.165) is 21.5 Å². The number of anilines is 3. The van der Waals surface area contributed by atoms with Gasteiger partial charge in [0.25, 0.3) is 0 Å². The maximum absolute atomic E-state index is 10.9. The minimum atomic E-state index is -0.0669. The predicted octanol–water partition coefficient (Wildman–Crippen LogP) is 4.15. The van der Waals surface area contributed by atoms with Crippen LogP contribution in [0.1, 0.15) is 6.92 Å². The second kappa shape index (κ2) is 5.69. The van der Waals surface area contributed by atoms with Gasteiger partial charge in [-0.1, -0.05) is 22.0 Å². The Bertz CT molecular complexity index is 552. The molecule has 0 radical (unpaired) electrons. The smallest absolute Gasteiger partial charge is 0.221 e. The van der Waals surface area contributed by atoms with Gasteiger partial charge in [-0.15, -0.1) is 0 Å². The summed E-state index contributed by atoms with van der Waals surface area (Å²) in [4.78, 5) is 10.9. The zero-order valence-electron chi connectivity index (χ0n) is 9.91. The first-order valence-electron chi connectivity index (χ1n) is 5.54. The fraction of sp³-hybridized carbons (Fsp3) is 0.0714. The number of amides is 1. The van der Waals surface area contributed by atoms with E-state index in [1.807, 2.05) is 48.5 Å². The molecule has 0 spiro atoms. The van der Waals surface area contributed by atoms with E-state index in [9.17, 15) is 4.79 Å². The highest BCUT2D eigenvalue weighted by atomic mass is 79.9. The second-order valence-corrected chi connectivity index (χ2v) is 4.81. The van der Waals surface area contributed by atoms with Crippen molar-refractivity contribution < 1.29 is 4.79 Å². The molecule has 0 bridgehead atoms. The van der Waals surface area contributed by atoms with Crippen LogP contribution in [0.3, 0.4) is 0 Å². The third-order valence-corrected chi connectivity index (χ3v) is 2.81. The van der Waals surface area contributed by atoms with Crippen LogP contribution < -0.4 is 10.6 Å². The molecule has 1 amide bonds. The highest BCUT2D eigenvalue weighted by Gasteiger charge is 1.97. The highest BCUT2D eigenvalue weighted by Crippen LogP contribution is 2.21. The first-order valence-corrected chi connectivity index (χ1v) is 6.33. The van der Waals surface area contributed by atoms with Gasteiger partial charge >= 0.3 is 0 Å². The molecular weight excluding hydrogens is 292 g/mol. The van der Waals surface area contributed by atoms with Crippen LogP contribution in [0.2, 0.25) is 0 Å². The van der Waals surface area contributed by atoms with Crippen molar-refractivity contribution in [3.8, 4) is 0 Å². The minimum Gasteiger partial charge on any atom is -0.355 e. The number of hydrogen-bond donors (Lipinski definition) is 2. The number of carbonyl (C=O) groups excluding carboxylic acids is 1. The Morgan fingerprint density at radius 3 is 2.28 bits per heavy atom. The molecule has 0 aliphatic heterocycles. The third kappa shape index (κ3) is 3.60. The fourth-order valence-corrected chi connectivity index (χ4v) is 1.97. The van der Waals surface area contributed by atoms with Crippen molar-refractivity contribution in [1.82, 2.24) is 0 Å². The van der Waals surface area contributed by atoms with Crippen LogP contribution in [0, 0.1) is 0 Å². The van der Waals surface area contributed by atoms with Gasteiger partial charge in [0.05, 0.1) is 0 Å². The Kier molecular flexibility index (Phi) is 3.99. The summed E-state index contributed by atoms with van der Waals surface area (Å²) in [7, 11) is 0. The van der Waals surface area contributed by atoms with Crippen LogP contribution >= 0.6 is 15.9 Å². The van der Waals surface area contributed by atoms with Gasteiger partial charge in [0.15, 0.2) is 0 Å². The van der Waals surface area contributed by atoms with Gasteiger partial charge in [-0.05, 0) is 42.5 Å². The Labute approximate surface area is 114 Å². The summed E-state index contributed by atoms with van der Waals surface area (Å²) in [6.45, 7) is 1.49. The van der Waals surface area contributed by atoms with Crippen LogP contribution in [-0.4, -0.2) is 5.91 Å². The van der Waals surface area contributed by atoms with Crippen LogP contribution in [0.25, 0.3) is 0 Å². The van der Waals surface area contributed by atoms with Crippen molar-refractivity contribution in [3.05, 3.63) is 53.0 Å². The van der Waals surface area contributed by atoms with Gasteiger partial charge in [-0.2, -0.15) is 0 Å². The molecule has 2 aromatic carbocycles. The average Bonchev–Trinajstić information content (AvgIpc) is 2.31. The summed E-state index contributed by atoms with van der Waals surface area (Å²) in [5, 5.41) is 6.01. The minimum absolute atomic E-state index is 0.0669. The van der Waals surface area contributed by atoms with Crippen molar-refractivity contribution in [2.45, 2.75) is 6.92 Å². The van der Waals surface area contributed by atoms with Gasteiger partial charge in [-0.3, -0.25) is 4.79 Å². The molecule has 3 nitrogen and oxygen atoms in total. The molecule has 92 valence electrons. The molecule has 0 unspecified atom stereocenters. The molecule has 18 heavy (non-hydrogen) atoms. The molecule has 0 aliphatic rings. The molecule has 2 aromatic rings. The van der Waals surface area contributed by atoms with Gasteiger partial charge in [0.2, 0.25) is 5.91 Å². The van der Waals surface area contributed by atoms with Gasteiger partial charge < -0.3 is 10.6 Å². The van der Waals surface area contributed by atoms with E-state index >= 15 is 0 Å². The number of halogens is 1. The van der Waals surface area contributed by atoms with Crippen molar-refractivity contribution in [3.63, 3.8) is 0 Å². The Balaban J connectivity index is 2.08. The van der Waals surface area contributed by atoms with Crippen LogP contribution in [0.4, 0.5) is 17.1 Å². The lowest BCUT2D eigenvalue weighted by Crippen LogP contribution is -2.05. The van der Waals surface area contributed by atoms with Crippen molar-refractivity contribution in [2.75, 3.05) is 10.6 Å². The Morgan fingerprint density at radius 1 is 1.00 bits per heavy atom. The third-order valence-electron chi connectivity index (χ3n) is 2.32. The molecule has 0 heterocycles. The van der Waals surface area contributed by atoms with E-state index in [4.69, 9.17) is 0 Å². The second-order valence-electron chi connectivity index (χ2n) is 3.89. The Morgan fingerprint density at radius 2 is 1.67 bits per heavy atom. The molecule has 2 N–H and O–H groups in total. The van der Waals surface area contributed by atoms with Crippen molar-refractivity contribution >= 4 is 38.9 Å². The molecular formula is C14H13BrN2O. The molecule has 0 fully saturated rings. The monoisotopic (exact) mass is 304 g/mol. The van der Waals surface area contributed by atoms with E-state index in [0.29, 0.717) is 0 Å². The lowest BCUT2D eigenvalue weighted by molar-refractivity contribution is -0.114. The largest absolute Gasteiger partial charge is 0.355 e. The Hall–Kier alpha value is -1.81. The molecule has 0 saturated heterocycles. The lowest BCUT2D eigenvalue weighted by atomic mass is 10.2. The van der Waals surface area contributed by atoms with E-state index in [1.54, 1.807) is 0 Å². The summed E-state index contributed by atoms with van der Waals surface area (Å²) in [6, 6.07) is 15.5. The van der Waals surface area contributed by atoms with E-state index in [1.165, 1.54) is 6.92 Å². The van der Waals surface area contributed by atoms with Crippen LogP contribution in [0.15, 0.2) is 53.0 Å². The quantitative estimate of drug-likeness (QED) is 0.894. The highest BCUT2D eigenvalue weighted by molar-refractivity contribution is 9.10. The summed E-state index contributed by atoms with van der Waals surface area (Å²) in [5.41, 5.74) is 2.78. The average molecular weight is 305 g/mol.